The number of hydrogen-bond acceptors (Lipinski definition) is 3. The van der Waals surface area contributed by atoms with E-state index in [4.69, 9.17) is 4.74 Å². The second-order valence-electron chi connectivity index (χ2n) is 8.48. The van der Waals surface area contributed by atoms with Crippen molar-refractivity contribution in [2.45, 2.75) is 32.6 Å². The molecule has 2 aliphatic heterocycles. The number of carbonyl (C=O) groups excluding carboxylic acids is 2. The number of likely N-dealkylation sites (tertiary alicyclic amines) is 2. The van der Waals surface area contributed by atoms with Gasteiger partial charge in [0.1, 0.15) is 5.75 Å². The number of fused-ring (bicyclic) bond motifs is 1. The van der Waals surface area contributed by atoms with Crippen molar-refractivity contribution in [1.82, 2.24) is 9.80 Å². The number of piperidine rings is 2. The molecule has 2 amide bonds. The Kier molecular flexibility index (Phi) is 5.74. The molecular weight excluding hydrogens is 364 g/mol. The summed E-state index contributed by atoms with van der Waals surface area (Å²) in [5.74, 6) is 1.49. The van der Waals surface area contributed by atoms with Crippen LogP contribution in [-0.4, -0.2) is 54.9 Å². The van der Waals surface area contributed by atoms with Crippen LogP contribution in [0.3, 0.4) is 0 Å². The van der Waals surface area contributed by atoms with Crippen molar-refractivity contribution >= 4 is 22.6 Å². The second kappa shape index (κ2) is 8.44. The van der Waals surface area contributed by atoms with E-state index < -0.39 is 0 Å². The third kappa shape index (κ3) is 3.96. The molecule has 5 nitrogen and oxygen atoms in total. The van der Waals surface area contributed by atoms with Gasteiger partial charge in [-0.05, 0) is 49.1 Å². The molecule has 0 radical (unpaired) electrons. The summed E-state index contributed by atoms with van der Waals surface area (Å²) in [6, 6.07) is 11.5. The third-order valence-electron chi connectivity index (χ3n) is 6.36. The van der Waals surface area contributed by atoms with E-state index in [2.05, 4.69) is 6.92 Å². The molecule has 2 aliphatic rings. The number of methoxy groups -OCH3 is 1. The minimum absolute atomic E-state index is 0.00775. The van der Waals surface area contributed by atoms with E-state index in [-0.39, 0.29) is 17.7 Å². The monoisotopic (exact) mass is 394 g/mol. The van der Waals surface area contributed by atoms with Crippen molar-refractivity contribution < 1.29 is 14.3 Å². The molecule has 4 rings (SSSR count). The Balaban J connectivity index is 1.54. The summed E-state index contributed by atoms with van der Waals surface area (Å²) in [4.78, 5) is 30.3. The Labute approximate surface area is 172 Å². The van der Waals surface area contributed by atoms with Crippen molar-refractivity contribution in [3.05, 3.63) is 42.0 Å². The van der Waals surface area contributed by atoms with E-state index in [1.807, 2.05) is 46.2 Å². The van der Waals surface area contributed by atoms with Gasteiger partial charge in [-0.2, -0.15) is 0 Å². The number of ether oxygens (including phenoxy) is 1. The lowest BCUT2D eigenvalue weighted by atomic mass is 9.93. The molecule has 0 aliphatic carbocycles. The fourth-order valence-corrected chi connectivity index (χ4v) is 4.82. The van der Waals surface area contributed by atoms with E-state index in [0.29, 0.717) is 24.6 Å². The minimum Gasteiger partial charge on any atom is -0.496 e. The topological polar surface area (TPSA) is 49.9 Å². The van der Waals surface area contributed by atoms with Crippen LogP contribution in [0.15, 0.2) is 36.4 Å². The molecule has 2 fully saturated rings. The van der Waals surface area contributed by atoms with Gasteiger partial charge in [0.2, 0.25) is 5.91 Å². The lowest BCUT2D eigenvalue weighted by molar-refractivity contribution is -0.138. The van der Waals surface area contributed by atoms with Crippen molar-refractivity contribution in [3.8, 4) is 5.75 Å². The Hall–Kier alpha value is -2.56. The predicted octanol–water partition coefficient (Wildman–Crippen LogP) is 3.96. The normalized spacial score (nSPS) is 22.6. The van der Waals surface area contributed by atoms with E-state index in [0.717, 1.165) is 48.9 Å². The summed E-state index contributed by atoms with van der Waals surface area (Å²) < 4.78 is 5.46. The van der Waals surface area contributed by atoms with Crippen LogP contribution in [0.1, 0.15) is 43.0 Å². The van der Waals surface area contributed by atoms with Crippen LogP contribution < -0.4 is 4.74 Å². The molecule has 2 saturated heterocycles. The molecule has 2 unspecified atom stereocenters. The fourth-order valence-electron chi connectivity index (χ4n) is 4.82. The molecular formula is C24H30N2O3. The third-order valence-corrected chi connectivity index (χ3v) is 6.36. The van der Waals surface area contributed by atoms with Gasteiger partial charge in [0.15, 0.2) is 0 Å². The summed E-state index contributed by atoms with van der Waals surface area (Å²) in [6.45, 7) is 5.15. The van der Waals surface area contributed by atoms with Crippen LogP contribution in [0, 0.1) is 11.8 Å². The number of nitrogens with zero attached hydrogens (tertiary/aromatic N) is 2. The standard InChI is InChI=1S/C24H30N2O3/c1-17-7-5-13-25(15-17)23(27)18-8-6-14-26(16-18)24(28)21-11-12-22(29-2)20-10-4-3-9-19(20)21/h3-4,9-12,17-18H,5-8,13-16H2,1-2H3. The molecule has 0 bridgehead atoms. The van der Waals surface area contributed by atoms with Crippen molar-refractivity contribution in [2.24, 2.45) is 11.8 Å². The van der Waals surface area contributed by atoms with Crippen molar-refractivity contribution in [3.63, 3.8) is 0 Å². The van der Waals surface area contributed by atoms with Crippen LogP contribution in [-0.2, 0) is 4.79 Å². The molecule has 5 heteroatoms. The Morgan fingerprint density at radius 1 is 0.931 bits per heavy atom. The van der Waals surface area contributed by atoms with Gasteiger partial charge in [-0.25, -0.2) is 0 Å². The molecule has 2 aromatic rings. The number of amides is 2. The van der Waals surface area contributed by atoms with Crippen molar-refractivity contribution in [2.75, 3.05) is 33.3 Å². The summed E-state index contributed by atoms with van der Waals surface area (Å²) in [7, 11) is 1.64. The molecule has 0 spiro atoms. The molecule has 2 aromatic carbocycles. The summed E-state index contributed by atoms with van der Waals surface area (Å²) in [5, 5.41) is 1.84. The Bertz CT molecular complexity index is 910. The highest BCUT2D eigenvalue weighted by Gasteiger charge is 2.33. The lowest BCUT2D eigenvalue weighted by Gasteiger charge is -2.37. The first-order valence-electron chi connectivity index (χ1n) is 10.7. The van der Waals surface area contributed by atoms with Gasteiger partial charge >= 0.3 is 0 Å². The van der Waals surface area contributed by atoms with E-state index >= 15 is 0 Å². The minimum atomic E-state index is -0.0810. The highest BCUT2D eigenvalue weighted by Crippen LogP contribution is 2.30. The molecule has 2 heterocycles. The van der Waals surface area contributed by atoms with Gasteiger partial charge in [-0.15, -0.1) is 0 Å². The second-order valence-corrected chi connectivity index (χ2v) is 8.48. The lowest BCUT2D eigenvalue weighted by Crippen LogP contribution is -2.49. The van der Waals surface area contributed by atoms with Gasteiger partial charge in [-0.3, -0.25) is 9.59 Å². The zero-order valence-electron chi connectivity index (χ0n) is 17.4. The number of carbonyl (C=O) groups is 2. The van der Waals surface area contributed by atoms with Gasteiger partial charge < -0.3 is 14.5 Å². The summed E-state index contributed by atoms with van der Waals surface area (Å²) in [5.41, 5.74) is 0.682. The molecule has 29 heavy (non-hydrogen) atoms. The zero-order chi connectivity index (χ0) is 20.4. The van der Waals surface area contributed by atoms with Crippen molar-refractivity contribution in [1.29, 1.82) is 0 Å². The largest absolute Gasteiger partial charge is 0.496 e. The van der Waals surface area contributed by atoms with Gasteiger partial charge in [-0.1, -0.05) is 31.2 Å². The first kappa shape index (κ1) is 19.7. The maximum Gasteiger partial charge on any atom is 0.254 e. The number of benzene rings is 2. The average molecular weight is 395 g/mol. The SMILES string of the molecule is COc1ccc(C(=O)N2CCCC(C(=O)N3CCCC(C)C3)C2)c2ccccc12. The van der Waals surface area contributed by atoms with E-state index in [1.165, 1.54) is 6.42 Å². The maximum absolute atomic E-state index is 13.4. The fraction of sp³-hybridized carbons (Fsp3) is 0.500. The van der Waals surface area contributed by atoms with Crippen LogP contribution in [0.2, 0.25) is 0 Å². The van der Waals surface area contributed by atoms with Crippen LogP contribution in [0.25, 0.3) is 10.8 Å². The Morgan fingerprint density at radius 2 is 1.66 bits per heavy atom. The molecule has 0 aromatic heterocycles. The summed E-state index contributed by atoms with van der Waals surface area (Å²) >= 11 is 0. The van der Waals surface area contributed by atoms with Crippen LogP contribution in [0.4, 0.5) is 0 Å². The number of hydrogen-bond donors (Lipinski definition) is 0. The number of rotatable bonds is 3. The maximum atomic E-state index is 13.4. The van der Waals surface area contributed by atoms with Gasteiger partial charge in [0.05, 0.1) is 13.0 Å². The molecule has 0 saturated carbocycles. The molecule has 2 atom stereocenters. The van der Waals surface area contributed by atoms with Gasteiger partial charge in [0.25, 0.3) is 5.91 Å². The Morgan fingerprint density at radius 3 is 2.41 bits per heavy atom. The van der Waals surface area contributed by atoms with Crippen LogP contribution >= 0.6 is 0 Å². The molecule has 154 valence electrons. The average Bonchev–Trinajstić information content (AvgIpc) is 2.77. The highest BCUT2D eigenvalue weighted by molar-refractivity contribution is 6.08. The first-order chi connectivity index (χ1) is 14.1. The smallest absolute Gasteiger partial charge is 0.254 e. The van der Waals surface area contributed by atoms with Gasteiger partial charge in [0, 0.05) is 37.1 Å². The predicted molar refractivity (Wildman–Crippen MR) is 114 cm³/mol. The zero-order valence-corrected chi connectivity index (χ0v) is 17.4. The molecule has 0 N–H and O–H groups in total. The first-order valence-corrected chi connectivity index (χ1v) is 10.7. The quantitative estimate of drug-likeness (QED) is 0.792. The van der Waals surface area contributed by atoms with E-state index in [9.17, 15) is 9.59 Å². The van der Waals surface area contributed by atoms with E-state index in [1.54, 1.807) is 7.11 Å². The summed E-state index contributed by atoms with van der Waals surface area (Å²) in [6.07, 6.45) is 4.03. The van der Waals surface area contributed by atoms with Crippen LogP contribution in [0.5, 0.6) is 5.75 Å². The highest BCUT2D eigenvalue weighted by atomic mass is 16.5.